The van der Waals surface area contributed by atoms with Crippen molar-refractivity contribution >= 4 is 40.7 Å². The second-order valence-electron chi connectivity index (χ2n) is 4.47. The van der Waals surface area contributed by atoms with Gasteiger partial charge in [0.05, 0.1) is 10.8 Å². The Bertz CT molecular complexity index is 532. The van der Waals surface area contributed by atoms with Gasteiger partial charge >= 0.3 is 5.97 Å². The predicted molar refractivity (Wildman–Crippen MR) is 80.5 cm³/mol. The highest BCUT2D eigenvalue weighted by molar-refractivity contribution is 7.16. The largest absolute Gasteiger partial charge is 0.480 e. The van der Waals surface area contributed by atoms with Crippen LogP contribution in [-0.2, 0) is 20.8 Å². The van der Waals surface area contributed by atoms with Crippen LogP contribution in [0.2, 0.25) is 4.34 Å². The molecule has 1 heterocycles. The Hall–Kier alpha value is -1.60. The van der Waals surface area contributed by atoms with Crippen molar-refractivity contribution in [3.05, 3.63) is 21.3 Å². The zero-order valence-electron chi connectivity index (χ0n) is 11.8. The van der Waals surface area contributed by atoms with E-state index in [1.807, 2.05) is 0 Å². The lowest BCUT2D eigenvalue weighted by molar-refractivity contribution is -0.149. The number of nitrogens with zero attached hydrogens (tertiary/aromatic N) is 1. The zero-order chi connectivity index (χ0) is 16.0. The van der Waals surface area contributed by atoms with Crippen LogP contribution in [0.1, 0.15) is 18.7 Å². The number of hydrogen-bond acceptors (Lipinski definition) is 4. The molecule has 1 unspecified atom stereocenters. The molecule has 1 atom stereocenters. The first-order chi connectivity index (χ1) is 9.81. The van der Waals surface area contributed by atoms with Gasteiger partial charge in [-0.15, -0.1) is 11.3 Å². The van der Waals surface area contributed by atoms with Crippen LogP contribution in [0.3, 0.4) is 0 Å². The molecule has 1 aromatic heterocycles. The van der Waals surface area contributed by atoms with Crippen LogP contribution in [-0.4, -0.2) is 46.9 Å². The molecule has 0 aliphatic carbocycles. The van der Waals surface area contributed by atoms with E-state index >= 15 is 0 Å². The summed E-state index contributed by atoms with van der Waals surface area (Å²) < 4.78 is 0.578. The van der Waals surface area contributed by atoms with Crippen LogP contribution in [0.4, 0.5) is 0 Å². The smallest absolute Gasteiger partial charge is 0.326 e. The van der Waals surface area contributed by atoms with Gasteiger partial charge in [0.15, 0.2) is 0 Å². The summed E-state index contributed by atoms with van der Waals surface area (Å²) in [6, 6.07) is 2.47. The molecule has 0 aliphatic heterocycles. The number of rotatable bonds is 7. The van der Waals surface area contributed by atoms with Gasteiger partial charge in [-0.05, 0) is 19.1 Å². The van der Waals surface area contributed by atoms with Crippen LogP contribution in [0, 0.1) is 0 Å². The number of carboxylic acids is 1. The maximum Gasteiger partial charge on any atom is 0.326 e. The third-order valence-corrected chi connectivity index (χ3v) is 4.06. The minimum absolute atomic E-state index is 0.0923. The van der Waals surface area contributed by atoms with E-state index in [0.29, 0.717) is 4.34 Å². The number of hydrogen-bond donors (Lipinski definition) is 2. The van der Waals surface area contributed by atoms with Crippen molar-refractivity contribution in [3.63, 3.8) is 0 Å². The van der Waals surface area contributed by atoms with Gasteiger partial charge < -0.3 is 15.3 Å². The van der Waals surface area contributed by atoms with E-state index in [-0.39, 0.29) is 31.3 Å². The number of thiophene rings is 1. The molecule has 21 heavy (non-hydrogen) atoms. The molecule has 2 amide bonds. The Balaban J connectivity index is 2.71. The molecule has 0 spiro atoms. The molecule has 1 aromatic rings. The average Bonchev–Trinajstić information content (AvgIpc) is 2.78. The second kappa shape index (κ2) is 7.99. The first kappa shape index (κ1) is 17.5. The number of nitrogens with one attached hydrogen (secondary N) is 1. The van der Waals surface area contributed by atoms with Crippen LogP contribution >= 0.6 is 22.9 Å². The Morgan fingerprint density at radius 2 is 2.10 bits per heavy atom. The van der Waals surface area contributed by atoms with E-state index in [1.165, 1.54) is 30.1 Å². The van der Waals surface area contributed by atoms with Gasteiger partial charge in [0, 0.05) is 24.9 Å². The van der Waals surface area contributed by atoms with Gasteiger partial charge in [0.25, 0.3) is 0 Å². The van der Waals surface area contributed by atoms with Crippen LogP contribution in [0.25, 0.3) is 0 Å². The molecule has 0 saturated heterocycles. The summed E-state index contributed by atoms with van der Waals surface area (Å²) in [6.07, 6.45) is 0.0923. The minimum Gasteiger partial charge on any atom is -0.480 e. The molecule has 2 N–H and O–H groups in total. The Morgan fingerprint density at radius 1 is 1.43 bits per heavy atom. The van der Waals surface area contributed by atoms with Crippen molar-refractivity contribution in [3.8, 4) is 0 Å². The number of aliphatic carboxylic acids is 1. The molecule has 0 fully saturated rings. The monoisotopic (exact) mass is 332 g/mol. The lowest BCUT2D eigenvalue weighted by Crippen LogP contribution is -2.47. The lowest BCUT2D eigenvalue weighted by Gasteiger charge is -2.26. The van der Waals surface area contributed by atoms with Gasteiger partial charge in [-0.1, -0.05) is 11.6 Å². The molecule has 0 aliphatic rings. The van der Waals surface area contributed by atoms with Gasteiger partial charge in [-0.3, -0.25) is 9.59 Å². The summed E-state index contributed by atoms with van der Waals surface area (Å²) in [6.45, 7) is 3.16. The molecule has 8 heteroatoms. The first-order valence-corrected chi connectivity index (χ1v) is 7.51. The van der Waals surface area contributed by atoms with Crippen LogP contribution < -0.4 is 5.32 Å². The van der Waals surface area contributed by atoms with E-state index in [9.17, 15) is 14.4 Å². The summed E-state index contributed by atoms with van der Waals surface area (Å²) in [5, 5.41) is 11.6. The van der Waals surface area contributed by atoms with Crippen molar-refractivity contribution in [2.45, 2.75) is 26.3 Å². The van der Waals surface area contributed by atoms with Crippen molar-refractivity contribution in [2.24, 2.45) is 0 Å². The lowest BCUT2D eigenvalue weighted by atomic mass is 10.2. The number of halogens is 1. The maximum absolute atomic E-state index is 12.3. The Morgan fingerprint density at radius 3 is 2.57 bits per heavy atom. The van der Waals surface area contributed by atoms with Crippen molar-refractivity contribution < 1.29 is 19.5 Å². The van der Waals surface area contributed by atoms with E-state index in [4.69, 9.17) is 16.7 Å². The molecule has 0 saturated carbocycles. The molecular formula is C13H17ClN2O4S. The summed E-state index contributed by atoms with van der Waals surface area (Å²) in [5.41, 5.74) is 0. The van der Waals surface area contributed by atoms with Crippen LogP contribution in [0.15, 0.2) is 12.1 Å². The van der Waals surface area contributed by atoms with Gasteiger partial charge in [-0.2, -0.15) is 0 Å². The highest BCUT2D eigenvalue weighted by Crippen LogP contribution is 2.22. The summed E-state index contributed by atoms with van der Waals surface area (Å²) in [5.74, 6) is -1.63. The van der Waals surface area contributed by atoms with Gasteiger partial charge in [0.2, 0.25) is 11.8 Å². The van der Waals surface area contributed by atoms with E-state index < -0.39 is 12.0 Å². The molecule has 0 aromatic carbocycles. The quantitative estimate of drug-likeness (QED) is 0.789. The molecular weight excluding hydrogens is 316 g/mol. The first-order valence-electron chi connectivity index (χ1n) is 6.32. The third-order valence-electron chi connectivity index (χ3n) is 2.83. The van der Waals surface area contributed by atoms with Gasteiger partial charge in [-0.25, -0.2) is 4.79 Å². The van der Waals surface area contributed by atoms with E-state index in [1.54, 1.807) is 12.1 Å². The average molecular weight is 333 g/mol. The molecule has 116 valence electrons. The normalized spacial score (nSPS) is 11.8. The molecule has 0 bridgehead atoms. The fraction of sp³-hybridized carbons (Fsp3) is 0.462. The maximum atomic E-state index is 12.3. The van der Waals surface area contributed by atoms with E-state index in [0.717, 1.165) is 4.88 Å². The fourth-order valence-corrected chi connectivity index (χ4v) is 2.80. The fourth-order valence-electron chi connectivity index (χ4n) is 1.72. The molecule has 0 radical (unpaired) electrons. The predicted octanol–water partition coefficient (Wildman–Crippen LogP) is 1.38. The number of carbonyl (C=O) groups excluding carboxylic acids is 2. The summed E-state index contributed by atoms with van der Waals surface area (Å²) in [4.78, 5) is 36.2. The Labute approximate surface area is 131 Å². The highest BCUT2D eigenvalue weighted by atomic mass is 35.5. The van der Waals surface area contributed by atoms with E-state index in [2.05, 4.69) is 5.32 Å². The number of carbonyl (C=O) groups is 3. The van der Waals surface area contributed by atoms with Gasteiger partial charge in [0.1, 0.15) is 6.04 Å². The zero-order valence-corrected chi connectivity index (χ0v) is 13.3. The third kappa shape index (κ3) is 5.73. The SMILES string of the molecule is CC(=O)NCCN(C(=O)Cc1ccc(Cl)s1)C(C)C(=O)O. The molecule has 1 rings (SSSR count). The second-order valence-corrected chi connectivity index (χ2v) is 6.27. The number of amides is 2. The summed E-state index contributed by atoms with van der Waals surface area (Å²) >= 11 is 7.09. The van der Waals surface area contributed by atoms with Crippen molar-refractivity contribution in [2.75, 3.05) is 13.1 Å². The topological polar surface area (TPSA) is 86.7 Å². The minimum atomic E-state index is -1.09. The Kier molecular flexibility index (Phi) is 6.64. The highest BCUT2D eigenvalue weighted by Gasteiger charge is 2.25. The number of carboxylic acid groups (broad SMARTS) is 1. The van der Waals surface area contributed by atoms with Crippen molar-refractivity contribution in [1.82, 2.24) is 10.2 Å². The molecule has 6 nitrogen and oxygen atoms in total. The summed E-state index contributed by atoms with van der Waals surface area (Å²) in [7, 11) is 0. The standard InChI is InChI=1S/C13H17ClN2O4S/c1-8(13(19)20)16(6-5-15-9(2)17)12(18)7-10-3-4-11(14)21-10/h3-4,8H,5-7H2,1-2H3,(H,15,17)(H,19,20). The van der Waals surface area contributed by atoms with Crippen molar-refractivity contribution in [1.29, 1.82) is 0 Å². The van der Waals surface area contributed by atoms with Crippen LogP contribution in [0.5, 0.6) is 0 Å².